The minimum atomic E-state index is -3.40. The van der Waals surface area contributed by atoms with Gasteiger partial charge in [0.15, 0.2) is 9.84 Å². The van der Waals surface area contributed by atoms with Gasteiger partial charge in [0.25, 0.3) is 0 Å². The maximum atomic E-state index is 12.4. The summed E-state index contributed by atoms with van der Waals surface area (Å²) in [7, 11) is -3.40. The maximum absolute atomic E-state index is 12.4. The summed E-state index contributed by atoms with van der Waals surface area (Å²) in [5.74, 6) is 0. The molecule has 0 aromatic heterocycles. The summed E-state index contributed by atoms with van der Waals surface area (Å²) in [6.07, 6.45) is 2.30. The van der Waals surface area contributed by atoms with E-state index in [1.807, 2.05) is 60.7 Å². The predicted octanol–water partition coefficient (Wildman–Crippen LogP) is 4.37. The molecule has 0 unspecified atom stereocenters. The number of hydrogen-bond acceptors (Lipinski definition) is 2. The van der Waals surface area contributed by atoms with Gasteiger partial charge >= 0.3 is 0 Å². The van der Waals surface area contributed by atoms with Crippen LogP contribution in [0.25, 0.3) is 10.8 Å². The second kappa shape index (κ2) is 6.16. The zero-order valence-corrected chi connectivity index (χ0v) is 12.8. The molecule has 0 atom stereocenters. The van der Waals surface area contributed by atoms with E-state index in [0.29, 0.717) is 11.3 Å². The largest absolute Gasteiger partial charge is 0.219 e. The smallest absolute Gasteiger partial charge is 0.199 e. The number of hydrogen-bond donors (Lipinski definition) is 0. The van der Waals surface area contributed by atoms with Crippen LogP contribution in [0.15, 0.2) is 89.2 Å². The zero-order valence-electron chi connectivity index (χ0n) is 12.0. The SMILES string of the molecule is O=S(=O)(C=CCc1ccccc1)c1ccc2ccccc2c1. The molecule has 22 heavy (non-hydrogen) atoms. The molecule has 0 N–H and O–H groups in total. The molecule has 0 fully saturated rings. The van der Waals surface area contributed by atoms with Crippen LogP contribution in [0.1, 0.15) is 5.56 Å². The van der Waals surface area contributed by atoms with E-state index in [1.54, 1.807) is 18.2 Å². The lowest BCUT2D eigenvalue weighted by atomic mass is 10.1. The number of benzene rings is 3. The van der Waals surface area contributed by atoms with Gasteiger partial charge in [-0.2, -0.15) is 0 Å². The summed E-state index contributed by atoms with van der Waals surface area (Å²) in [5, 5.41) is 3.26. The first kappa shape index (κ1) is 14.5. The Hall–Kier alpha value is -2.39. The van der Waals surface area contributed by atoms with Crippen molar-refractivity contribution >= 4 is 20.6 Å². The predicted molar refractivity (Wildman–Crippen MR) is 90.4 cm³/mol. The Labute approximate surface area is 130 Å². The first-order valence-corrected chi connectivity index (χ1v) is 8.64. The van der Waals surface area contributed by atoms with Crippen molar-refractivity contribution in [3.63, 3.8) is 0 Å². The third-order valence-electron chi connectivity index (χ3n) is 3.52. The van der Waals surface area contributed by atoms with Crippen molar-refractivity contribution in [3.8, 4) is 0 Å². The van der Waals surface area contributed by atoms with Gasteiger partial charge in [-0.1, -0.05) is 66.7 Å². The van der Waals surface area contributed by atoms with Crippen molar-refractivity contribution in [3.05, 3.63) is 89.8 Å². The van der Waals surface area contributed by atoms with Gasteiger partial charge in [-0.15, -0.1) is 0 Å². The van der Waals surface area contributed by atoms with Crippen LogP contribution >= 0.6 is 0 Å². The molecule has 2 nitrogen and oxygen atoms in total. The summed E-state index contributed by atoms with van der Waals surface area (Å²) >= 11 is 0. The topological polar surface area (TPSA) is 34.1 Å². The third kappa shape index (κ3) is 3.26. The van der Waals surface area contributed by atoms with Crippen molar-refractivity contribution in [1.82, 2.24) is 0 Å². The third-order valence-corrected chi connectivity index (χ3v) is 4.98. The lowest BCUT2D eigenvalue weighted by Crippen LogP contribution is -1.96. The monoisotopic (exact) mass is 308 g/mol. The summed E-state index contributed by atoms with van der Waals surface area (Å²) in [6.45, 7) is 0. The van der Waals surface area contributed by atoms with Crippen LogP contribution in [0.5, 0.6) is 0 Å². The average Bonchev–Trinajstić information content (AvgIpc) is 2.55. The quantitative estimate of drug-likeness (QED) is 0.717. The first-order chi connectivity index (χ1) is 10.6. The molecular weight excluding hydrogens is 292 g/mol. The van der Waals surface area contributed by atoms with Crippen LogP contribution in [0.4, 0.5) is 0 Å². The van der Waals surface area contributed by atoms with Crippen LogP contribution in [0, 0.1) is 0 Å². The fourth-order valence-electron chi connectivity index (χ4n) is 2.35. The molecule has 0 aliphatic rings. The average molecular weight is 308 g/mol. The lowest BCUT2D eigenvalue weighted by Gasteiger charge is -2.02. The summed E-state index contributed by atoms with van der Waals surface area (Å²) in [5.41, 5.74) is 1.09. The van der Waals surface area contributed by atoms with Crippen LogP contribution in [-0.4, -0.2) is 8.42 Å². The molecule has 0 saturated carbocycles. The molecule has 110 valence electrons. The fourth-order valence-corrected chi connectivity index (χ4v) is 3.40. The zero-order chi connectivity index (χ0) is 15.4. The molecule has 0 amide bonds. The molecule has 3 aromatic carbocycles. The highest BCUT2D eigenvalue weighted by Gasteiger charge is 2.10. The first-order valence-electron chi connectivity index (χ1n) is 7.09. The Morgan fingerprint density at radius 2 is 1.45 bits per heavy atom. The normalized spacial score (nSPS) is 12.0. The van der Waals surface area contributed by atoms with Gasteiger partial charge in [-0.3, -0.25) is 0 Å². The van der Waals surface area contributed by atoms with Crippen LogP contribution in [-0.2, 0) is 16.3 Å². The number of allylic oxidation sites excluding steroid dienone is 1. The Morgan fingerprint density at radius 1 is 0.773 bits per heavy atom. The highest BCUT2D eigenvalue weighted by Crippen LogP contribution is 2.20. The second-order valence-electron chi connectivity index (χ2n) is 5.12. The number of rotatable bonds is 4. The van der Waals surface area contributed by atoms with Gasteiger partial charge in [0.05, 0.1) is 4.90 Å². The molecule has 0 spiro atoms. The molecular formula is C19H16O2S. The second-order valence-corrected chi connectivity index (χ2v) is 6.95. The van der Waals surface area contributed by atoms with Gasteiger partial charge in [-0.05, 0) is 34.9 Å². The summed E-state index contributed by atoms with van der Waals surface area (Å²) in [4.78, 5) is 0.329. The Balaban J connectivity index is 1.85. The molecule has 0 aliphatic heterocycles. The van der Waals surface area contributed by atoms with Gasteiger partial charge < -0.3 is 0 Å². The summed E-state index contributed by atoms with van der Waals surface area (Å²) < 4.78 is 24.8. The van der Waals surface area contributed by atoms with E-state index in [2.05, 4.69) is 0 Å². The molecule has 3 rings (SSSR count). The Kier molecular flexibility index (Phi) is 4.07. The molecule has 0 heterocycles. The van der Waals surface area contributed by atoms with Gasteiger partial charge in [0.2, 0.25) is 0 Å². The molecule has 0 aliphatic carbocycles. The van der Waals surface area contributed by atoms with E-state index in [4.69, 9.17) is 0 Å². The highest BCUT2D eigenvalue weighted by molar-refractivity contribution is 7.94. The van der Waals surface area contributed by atoms with Crippen LogP contribution in [0.3, 0.4) is 0 Å². The van der Waals surface area contributed by atoms with Gasteiger partial charge in [0.1, 0.15) is 0 Å². The van der Waals surface area contributed by atoms with Crippen molar-refractivity contribution in [2.24, 2.45) is 0 Å². The number of fused-ring (bicyclic) bond motifs is 1. The molecule has 0 saturated heterocycles. The summed E-state index contributed by atoms with van der Waals surface area (Å²) in [6, 6.07) is 22.7. The van der Waals surface area contributed by atoms with E-state index >= 15 is 0 Å². The van der Waals surface area contributed by atoms with Crippen molar-refractivity contribution < 1.29 is 8.42 Å². The van der Waals surface area contributed by atoms with E-state index < -0.39 is 9.84 Å². The van der Waals surface area contributed by atoms with E-state index in [9.17, 15) is 8.42 Å². The van der Waals surface area contributed by atoms with Gasteiger partial charge in [-0.25, -0.2) is 8.42 Å². The molecule has 0 bridgehead atoms. The van der Waals surface area contributed by atoms with Crippen molar-refractivity contribution in [2.75, 3.05) is 0 Å². The lowest BCUT2D eigenvalue weighted by molar-refractivity contribution is 0.604. The maximum Gasteiger partial charge on any atom is 0.199 e. The minimum absolute atomic E-state index is 0.329. The van der Waals surface area contributed by atoms with Crippen LogP contribution < -0.4 is 0 Å². The fraction of sp³-hybridized carbons (Fsp3) is 0.0526. The molecule has 3 heteroatoms. The van der Waals surface area contributed by atoms with E-state index in [0.717, 1.165) is 16.3 Å². The Morgan fingerprint density at radius 3 is 2.23 bits per heavy atom. The minimum Gasteiger partial charge on any atom is -0.219 e. The molecule has 0 radical (unpaired) electrons. The standard InChI is InChI=1S/C19H16O2S/c20-22(21,14-6-9-16-7-2-1-3-8-16)19-13-12-17-10-4-5-11-18(17)15-19/h1-8,10-15H,9H2. The number of sulfone groups is 1. The van der Waals surface area contributed by atoms with Crippen LogP contribution in [0.2, 0.25) is 0 Å². The highest BCUT2D eigenvalue weighted by atomic mass is 32.2. The molecule has 3 aromatic rings. The van der Waals surface area contributed by atoms with Crippen molar-refractivity contribution in [1.29, 1.82) is 0 Å². The van der Waals surface area contributed by atoms with Gasteiger partial charge in [0, 0.05) is 5.41 Å². The Bertz CT molecular complexity index is 910. The van der Waals surface area contributed by atoms with Crippen molar-refractivity contribution in [2.45, 2.75) is 11.3 Å². The van der Waals surface area contributed by atoms with E-state index in [1.165, 1.54) is 5.41 Å². The van der Waals surface area contributed by atoms with E-state index in [-0.39, 0.29) is 0 Å².